The van der Waals surface area contributed by atoms with Gasteiger partial charge >= 0.3 is 0 Å². The summed E-state index contributed by atoms with van der Waals surface area (Å²) < 4.78 is 16.6. The van der Waals surface area contributed by atoms with Crippen molar-refractivity contribution in [3.05, 3.63) is 35.2 Å². The summed E-state index contributed by atoms with van der Waals surface area (Å²) in [5.41, 5.74) is 3.46. The highest BCUT2D eigenvalue weighted by Gasteiger charge is 2.24. The molecule has 30 heavy (non-hydrogen) atoms. The highest BCUT2D eigenvalue weighted by Crippen LogP contribution is 2.40. The maximum absolute atomic E-state index is 5.65. The lowest BCUT2D eigenvalue weighted by atomic mass is 10.1. The molecule has 1 saturated heterocycles. The molecule has 1 aromatic heterocycles. The monoisotopic (exact) mass is 413 g/mol. The molecule has 0 bridgehead atoms. The first-order valence-corrected chi connectivity index (χ1v) is 10.4. The molecule has 2 aromatic rings. The topological polar surface area (TPSA) is 63.2 Å². The molecule has 3 heterocycles. The molecule has 0 amide bonds. The van der Waals surface area contributed by atoms with Crippen LogP contribution in [0.2, 0.25) is 0 Å². The van der Waals surface area contributed by atoms with Gasteiger partial charge in [0.15, 0.2) is 11.5 Å². The number of anilines is 1. The Hall–Kier alpha value is -2.58. The van der Waals surface area contributed by atoms with Gasteiger partial charge in [0, 0.05) is 69.6 Å². The van der Waals surface area contributed by atoms with E-state index in [1.54, 1.807) is 21.3 Å². The molecule has 2 aliphatic heterocycles. The molecule has 1 fully saturated rings. The second-order valence-electron chi connectivity index (χ2n) is 7.89. The molecule has 2 aliphatic rings. The average Bonchev–Trinajstić information content (AvgIpc) is 2.78. The zero-order valence-corrected chi connectivity index (χ0v) is 18.3. The molecule has 0 radical (unpaired) electrons. The van der Waals surface area contributed by atoms with E-state index in [1.807, 2.05) is 18.3 Å². The van der Waals surface area contributed by atoms with Crippen LogP contribution in [0.25, 0.3) is 0 Å². The molecule has 4 rings (SSSR count). The highest BCUT2D eigenvalue weighted by atomic mass is 16.5. The van der Waals surface area contributed by atoms with Gasteiger partial charge in [0.2, 0.25) is 11.7 Å². The minimum atomic E-state index is 0.634. The Balaban J connectivity index is 1.47. The summed E-state index contributed by atoms with van der Waals surface area (Å²) in [6, 6.07) is 3.97. The molecule has 0 atom stereocenters. The van der Waals surface area contributed by atoms with Crippen molar-refractivity contribution in [3.8, 4) is 17.2 Å². The number of nitrogens with zero attached hydrogens (tertiary/aromatic N) is 5. The largest absolute Gasteiger partial charge is 0.493 e. The number of fused-ring (bicyclic) bond motifs is 1. The van der Waals surface area contributed by atoms with Crippen LogP contribution in [0, 0.1) is 0 Å². The quantitative estimate of drug-likeness (QED) is 0.711. The van der Waals surface area contributed by atoms with Gasteiger partial charge < -0.3 is 24.0 Å². The fourth-order valence-corrected chi connectivity index (χ4v) is 4.19. The zero-order chi connectivity index (χ0) is 21.1. The van der Waals surface area contributed by atoms with Gasteiger partial charge in [-0.2, -0.15) is 0 Å². The number of piperazine rings is 1. The van der Waals surface area contributed by atoms with Crippen molar-refractivity contribution in [1.82, 2.24) is 19.8 Å². The van der Waals surface area contributed by atoms with Gasteiger partial charge in [0.25, 0.3) is 0 Å². The molecular formula is C22H31N5O3. The van der Waals surface area contributed by atoms with Crippen molar-refractivity contribution >= 4 is 5.95 Å². The number of rotatable bonds is 6. The number of ether oxygens (including phenoxy) is 3. The van der Waals surface area contributed by atoms with Gasteiger partial charge in [0.1, 0.15) is 0 Å². The molecule has 8 heteroatoms. The molecule has 0 spiro atoms. The third-order valence-corrected chi connectivity index (χ3v) is 5.97. The Morgan fingerprint density at radius 1 is 0.933 bits per heavy atom. The van der Waals surface area contributed by atoms with Gasteiger partial charge in [-0.1, -0.05) is 6.07 Å². The molecule has 1 aromatic carbocycles. The molecule has 0 saturated carbocycles. The van der Waals surface area contributed by atoms with E-state index in [-0.39, 0.29) is 0 Å². The Morgan fingerprint density at radius 3 is 2.40 bits per heavy atom. The van der Waals surface area contributed by atoms with Crippen molar-refractivity contribution in [2.24, 2.45) is 0 Å². The maximum Gasteiger partial charge on any atom is 0.225 e. The van der Waals surface area contributed by atoms with E-state index in [9.17, 15) is 0 Å². The molecule has 0 N–H and O–H groups in total. The summed E-state index contributed by atoms with van der Waals surface area (Å²) in [7, 11) is 7.10. The van der Waals surface area contributed by atoms with Crippen LogP contribution < -0.4 is 19.1 Å². The fourth-order valence-electron chi connectivity index (χ4n) is 4.19. The lowest BCUT2D eigenvalue weighted by Crippen LogP contribution is -2.45. The van der Waals surface area contributed by atoms with Crippen molar-refractivity contribution < 1.29 is 14.2 Å². The SMILES string of the molecule is COc1ccc(CN2CCc3nc(N4CCN(C)CC4)ncc3C2)c(OC)c1OC. The first-order valence-electron chi connectivity index (χ1n) is 10.4. The minimum Gasteiger partial charge on any atom is -0.493 e. The van der Waals surface area contributed by atoms with Crippen LogP contribution in [0.3, 0.4) is 0 Å². The van der Waals surface area contributed by atoms with Gasteiger partial charge in [-0.05, 0) is 13.1 Å². The molecule has 8 nitrogen and oxygen atoms in total. The fraction of sp³-hybridized carbons (Fsp3) is 0.545. The van der Waals surface area contributed by atoms with E-state index in [0.717, 1.165) is 69.5 Å². The van der Waals surface area contributed by atoms with E-state index in [4.69, 9.17) is 19.2 Å². The van der Waals surface area contributed by atoms with E-state index in [1.165, 1.54) is 11.3 Å². The van der Waals surface area contributed by atoms with Crippen LogP contribution in [-0.4, -0.2) is 80.9 Å². The van der Waals surface area contributed by atoms with Crippen LogP contribution in [0.15, 0.2) is 18.3 Å². The molecule has 0 aliphatic carbocycles. The predicted molar refractivity (Wildman–Crippen MR) is 116 cm³/mol. The standard InChI is InChI=1S/C22H31N5O3/c1-25-9-11-27(12-10-25)22-23-13-17-15-26(8-7-18(17)24-22)14-16-5-6-19(28-2)21(30-4)20(16)29-3/h5-6,13H,7-12,14-15H2,1-4H3. The van der Waals surface area contributed by atoms with Crippen LogP contribution in [0.5, 0.6) is 17.2 Å². The van der Waals surface area contributed by atoms with Crippen molar-refractivity contribution in [3.63, 3.8) is 0 Å². The summed E-state index contributed by atoms with van der Waals surface area (Å²) in [5.74, 6) is 2.91. The third-order valence-electron chi connectivity index (χ3n) is 5.97. The lowest BCUT2D eigenvalue weighted by Gasteiger charge is -2.33. The van der Waals surface area contributed by atoms with Crippen LogP contribution in [0.1, 0.15) is 16.8 Å². The summed E-state index contributed by atoms with van der Waals surface area (Å²) >= 11 is 0. The number of hydrogen-bond donors (Lipinski definition) is 0. The molecule has 162 valence electrons. The van der Waals surface area contributed by atoms with E-state index in [0.29, 0.717) is 11.5 Å². The van der Waals surface area contributed by atoms with Gasteiger partial charge in [-0.25, -0.2) is 9.97 Å². The molecular weight excluding hydrogens is 382 g/mol. The first-order chi connectivity index (χ1) is 14.6. The van der Waals surface area contributed by atoms with Crippen molar-refractivity contribution in [2.45, 2.75) is 19.5 Å². The second kappa shape index (κ2) is 9.06. The second-order valence-corrected chi connectivity index (χ2v) is 7.89. The summed E-state index contributed by atoms with van der Waals surface area (Å²) in [4.78, 5) is 16.6. The van der Waals surface area contributed by atoms with Crippen LogP contribution >= 0.6 is 0 Å². The smallest absolute Gasteiger partial charge is 0.225 e. The van der Waals surface area contributed by atoms with Crippen molar-refractivity contribution in [1.29, 1.82) is 0 Å². The number of likely N-dealkylation sites (N-methyl/N-ethyl adjacent to an activating group) is 1. The van der Waals surface area contributed by atoms with Crippen LogP contribution in [0.4, 0.5) is 5.95 Å². The van der Waals surface area contributed by atoms with Gasteiger partial charge in [-0.3, -0.25) is 4.90 Å². The Kier molecular flexibility index (Phi) is 6.24. The number of aromatic nitrogens is 2. The lowest BCUT2D eigenvalue weighted by molar-refractivity contribution is 0.237. The Morgan fingerprint density at radius 2 is 1.70 bits per heavy atom. The predicted octanol–water partition coefficient (Wildman–Crippen LogP) is 1.81. The van der Waals surface area contributed by atoms with E-state index >= 15 is 0 Å². The van der Waals surface area contributed by atoms with Crippen molar-refractivity contribution in [2.75, 3.05) is 66.0 Å². The highest BCUT2D eigenvalue weighted by molar-refractivity contribution is 5.55. The van der Waals surface area contributed by atoms with Gasteiger partial charge in [0.05, 0.1) is 27.0 Å². The molecule has 0 unspecified atom stereocenters. The van der Waals surface area contributed by atoms with E-state index < -0.39 is 0 Å². The number of methoxy groups -OCH3 is 3. The van der Waals surface area contributed by atoms with Crippen LogP contribution in [-0.2, 0) is 19.5 Å². The number of benzene rings is 1. The number of hydrogen-bond acceptors (Lipinski definition) is 8. The van der Waals surface area contributed by atoms with Gasteiger partial charge in [-0.15, -0.1) is 0 Å². The summed E-state index contributed by atoms with van der Waals surface area (Å²) in [5, 5.41) is 0. The first kappa shape index (κ1) is 20.7. The summed E-state index contributed by atoms with van der Waals surface area (Å²) in [6.07, 6.45) is 2.93. The average molecular weight is 414 g/mol. The maximum atomic E-state index is 5.65. The minimum absolute atomic E-state index is 0.634. The normalized spacial score (nSPS) is 17.5. The third kappa shape index (κ3) is 4.15. The summed E-state index contributed by atoms with van der Waals surface area (Å²) in [6.45, 7) is 6.63. The van der Waals surface area contributed by atoms with E-state index in [2.05, 4.69) is 26.7 Å². The zero-order valence-electron chi connectivity index (χ0n) is 18.3. The Labute approximate surface area is 178 Å². The Bertz CT molecular complexity index is 883.